The third-order valence-electron chi connectivity index (χ3n) is 4.68. The molecule has 0 radical (unpaired) electrons. The summed E-state index contributed by atoms with van der Waals surface area (Å²) in [5.41, 5.74) is 2.23. The van der Waals surface area contributed by atoms with Crippen LogP contribution in [0.1, 0.15) is 44.3 Å². The summed E-state index contributed by atoms with van der Waals surface area (Å²) in [6, 6.07) is 8.22. The van der Waals surface area contributed by atoms with Crippen LogP contribution in [-0.4, -0.2) is 22.0 Å². The Labute approximate surface area is 131 Å². The molecule has 4 nitrogen and oxygen atoms in total. The standard InChI is InChI=1S/C18H25N3O/c1-14-20-16-10-5-6-11-17(16)21(14)13-7-12-19-18(22)15-8-3-2-4-9-15/h5-6,10-11,15H,2-4,7-9,12-13H2,1H3,(H,19,22). The van der Waals surface area contributed by atoms with Crippen molar-refractivity contribution in [3.63, 3.8) is 0 Å². The molecule has 3 rings (SSSR count). The lowest BCUT2D eigenvalue weighted by molar-refractivity contribution is -0.125. The fraction of sp³-hybridized carbons (Fsp3) is 0.556. The fourth-order valence-electron chi connectivity index (χ4n) is 3.44. The molecule has 0 saturated heterocycles. The lowest BCUT2D eigenvalue weighted by Gasteiger charge is -2.20. The average molecular weight is 299 g/mol. The predicted molar refractivity (Wildman–Crippen MR) is 88.7 cm³/mol. The van der Waals surface area contributed by atoms with Gasteiger partial charge in [0.25, 0.3) is 0 Å². The SMILES string of the molecule is Cc1nc2ccccc2n1CCCNC(=O)C1CCCCC1. The lowest BCUT2D eigenvalue weighted by Crippen LogP contribution is -2.32. The molecule has 0 bridgehead atoms. The van der Waals surface area contributed by atoms with Crippen molar-refractivity contribution in [2.75, 3.05) is 6.54 Å². The maximum absolute atomic E-state index is 12.1. The molecule has 1 aliphatic rings. The van der Waals surface area contributed by atoms with Gasteiger partial charge in [-0.2, -0.15) is 0 Å². The number of hydrogen-bond donors (Lipinski definition) is 1. The first-order valence-electron chi connectivity index (χ1n) is 8.45. The smallest absolute Gasteiger partial charge is 0.223 e. The predicted octanol–water partition coefficient (Wildman–Crippen LogP) is 3.43. The van der Waals surface area contributed by atoms with Crippen LogP contribution in [0.4, 0.5) is 0 Å². The van der Waals surface area contributed by atoms with Crippen molar-refractivity contribution in [1.29, 1.82) is 0 Å². The number of fused-ring (bicyclic) bond motifs is 1. The molecule has 118 valence electrons. The summed E-state index contributed by atoms with van der Waals surface area (Å²) < 4.78 is 2.24. The van der Waals surface area contributed by atoms with Crippen molar-refractivity contribution >= 4 is 16.9 Å². The number of carbonyl (C=O) groups excluding carboxylic acids is 1. The van der Waals surface area contributed by atoms with Crippen molar-refractivity contribution < 1.29 is 4.79 Å². The van der Waals surface area contributed by atoms with E-state index in [9.17, 15) is 4.79 Å². The second-order valence-electron chi connectivity index (χ2n) is 6.28. The second-order valence-corrected chi connectivity index (χ2v) is 6.28. The third kappa shape index (κ3) is 3.32. The summed E-state index contributed by atoms with van der Waals surface area (Å²) in [6.07, 6.45) is 6.78. The van der Waals surface area contributed by atoms with E-state index in [2.05, 4.69) is 20.9 Å². The largest absolute Gasteiger partial charge is 0.356 e. The summed E-state index contributed by atoms with van der Waals surface area (Å²) in [5.74, 6) is 1.55. The number of nitrogens with one attached hydrogen (secondary N) is 1. The van der Waals surface area contributed by atoms with Crippen LogP contribution in [0.15, 0.2) is 24.3 Å². The zero-order chi connectivity index (χ0) is 15.4. The monoisotopic (exact) mass is 299 g/mol. The van der Waals surface area contributed by atoms with Crippen LogP contribution in [0, 0.1) is 12.8 Å². The third-order valence-corrected chi connectivity index (χ3v) is 4.68. The summed E-state index contributed by atoms with van der Waals surface area (Å²) in [6.45, 7) is 3.69. The van der Waals surface area contributed by atoms with Gasteiger partial charge in [-0.05, 0) is 38.3 Å². The van der Waals surface area contributed by atoms with Gasteiger partial charge in [-0.3, -0.25) is 4.79 Å². The minimum atomic E-state index is 0.254. The van der Waals surface area contributed by atoms with Crippen LogP contribution in [-0.2, 0) is 11.3 Å². The maximum atomic E-state index is 12.1. The lowest BCUT2D eigenvalue weighted by atomic mass is 9.89. The molecule has 1 aliphatic carbocycles. The Bertz CT molecular complexity index is 641. The van der Waals surface area contributed by atoms with Gasteiger partial charge < -0.3 is 9.88 Å². The van der Waals surface area contributed by atoms with Crippen LogP contribution >= 0.6 is 0 Å². The number of aromatic nitrogens is 2. The first-order valence-corrected chi connectivity index (χ1v) is 8.45. The van der Waals surface area contributed by atoms with E-state index in [-0.39, 0.29) is 11.8 Å². The summed E-state index contributed by atoms with van der Waals surface area (Å²) in [7, 11) is 0. The Morgan fingerprint density at radius 2 is 2.05 bits per heavy atom. The number of aryl methyl sites for hydroxylation is 2. The topological polar surface area (TPSA) is 46.9 Å². The molecule has 0 atom stereocenters. The molecular formula is C18H25N3O. The van der Waals surface area contributed by atoms with Crippen molar-refractivity contribution in [2.24, 2.45) is 5.92 Å². The number of hydrogen-bond acceptors (Lipinski definition) is 2. The van der Waals surface area contributed by atoms with Crippen molar-refractivity contribution in [3.05, 3.63) is 30.1 Å². The van der Waals surface area contributed by atoms with Crippen molar-refractivity contribution in [1.82, 2.24) is 14.9 Å². The highest BCUT2D eigenvalue weighted by Gasteiger charge is 2.20. The molecule has 1 N–H and O–H groups in total. The Balaban J connectivity index is 1.50. The normalized spacial score (nSPS) is 16.0. The van der Waals surface area contributed by atoms with Crippen LogP contribution in [0.2, 0.25) is 0 Å². The number of carbonyl (C=O) groups is 1. The van der Waals surface area contributed by atoms with Gasteiger partial charge in [0.15, 0.2) is 0 Å². The highest BCUT2D eigenvalue weighted by atomic mass is 16.1. The first kappa shape index (κ1) is 15.1. The molecule has 1 saturated carbocycles. The quantitative estimate of drug-likeness (QED) is 0.860. The zero-order valence-electron chi connectivity index (χ0n) is 13.3. The van der Waals surface area contributed by atoms with Crippen LogP contribution in [0.25, 0.3) is 11.0 Å². The van der Waals surface area contributed by atoms with Gasteiger partial charge in [0.05, 0.1) is 11.0 Å². The summed E-state index contributed by atoms with van der Waals surface area (Å²) in [4.78, 5) is 16.7. The first-order chi connectivity index (χ1) is 10.8. The Kier molecular flexibility index (Phi) is 4.76. The van der Waals surface area contributed by atoms with Gasteiger partial charge in [0, 0.05) is 19.0 Å². The highest BCUT2D eigenvalue weighted by Crippen LogP contribution is 2.23. The van der Waals surface area contributed by atoms with Gasteiger partial charge in [-0.15, -0.1) is 0 Å². The van der Waals surface area contributed by atoms with E-state index < -0.39 is 0 Å². The van der Waals surface area contributed by atoms with E-state index in [1.165, 1.54) is 24.8 Å². The molecule has 4 heteroatoms. The van der Waals surface area contributed by atoms with Crippen molar-refractivity contribution in [2.45, 2.75) is 52.0 Å². The molecule has 2 aromatic rings. The second kappa shape index (κ2) is 6.95. The molecule has 1 amide bonds. The van der Waals surface area contributed by atoms with Crippen LogP contribution in [0.3, 0.4) is 0 Å². The van der Waals surface area contributed by atoms with Crippen LogP contribution < -0.4 is 5.32 Å². The molecule has 0 aliphatic heterocycles. The van der Waals surface area contributed by atoms with E-state index in [1.807, 2.05) is 25.1 Å². The van der Waals surface area contributed by atoms with Crippen molar-refractivity contribution in [3.8, 4) is 0 Å². The number of amides is 1. The Morgan fingerprint density at radius 3 is 2.86 bits per heavy atom. The van der Waals surface area contributed by atoms with Gasteiger partial charge in [0.1, 0.15) is 5.82 Å². The Morgan fingerprint density at radius 1 is 1.27 bits per heavy atom. The summed E-state index contributed by atoms with van der Waals surface area (Å²) in [5, 5.41) is 3.11. The minimum absolute atomic E-state index is 0.254. The minimum Gasteiger partial charge on any atom is -0.356 e. The van der Waals surface area contributed by atoms with E-state index in [1.54, 1.807) is 0 Å². The van der Waals surface area contributed by atoms with Crippen LogP contribution in [0.5, 0.6) is 0 Å². The van der Waals surface area contributed by atoms with Gasteiger partial charge in [0.2, 0.25) is 5.91 Å². The average Bonchev–Trinajstić information content (AvgIpc) is 2.88. The number of nitrogens with zero attached hydrogens (tertiary/aromatic N) is 2. The molecule has 1 aromatic carbocycles. The van der Waals surface area contributed by atoms with Gasteiger partial charge in [-0.25, -0.2) is 4.98 Å². The van der Waals surface area contributed by atoms with E-state index in [0.29, 0.717) is 0 Å². The molecule has 1 heterocycles. The highest BCUT2D eigenvalue weighted by molar-refractivity contribution is 5.78. The number of benzene rings is 1. The maximum Gasteiger partial charge on any atom is 0.223 e. The van der Waals surface area contributed by atoms with Gasteiger partial charge in [-0.1, -0.05) is 31.4 Å². The molecule has 1 fully saturated rings. The zero-order valence-corrected chi connectivity index (χ0v) is 13.3. The summed E-state index contributed by atoms with van der Waals surface area (Å²) >= 11 is 0. The Hall–Kier alpha value is -1.84. The van der Waals surface area contributed by atoms with E-state index in [4.69, 9.17) is 0 Å². The van der Waals surface area contributed by atoms with Gasteiger partial charge >= 0.3 is 0 Å². The number of rotatable bonds is 5. The molecule has 22 heavy (non-hydrogen) atoms. The van der Waals surface area contributed by atoms with E-state index in [0.717, 1.165) is 43.7 Å². The number of imidazole rings is 1. The molecule has 0 spiro atoms. The number of para-hydroxylation sites is 2. The molecule has 0 unspecified atom stereocenters. The fourth-order valence-corrected chi connectivity index (χ4v) is 3.44. The molecular weight excluding hydrogens is 274 g/mol. The van der Waals surface area contributed by atoms with E-state index >= 15 is 0 Å². The molecule has 1 aromatic heterocycles.